The average molecular weight is 501 g/mol. The van der Waals surface area contributed by atoms with Crippen LogP contribution in [0.4, 0.5) is 0 Å². The lowest BCUT2D eigenvalue weighted by atomic mass is 10.1. The van der Waals surface area contributed by atoms with Gasteiger partial charge in [-0.25, -0.2) is 4.99 Å². The fourth-order valence-corrected chi connectivity index (χ4v) is 2.64. The van der Waals surface area contributed by atoms with Crippen LogP contribution in [-0.4, -0.2) is 53.1 Å². The maximum Gasteiger partial charge on any atom is 0.191 e. The normalized spacial score (nSPS) is 11.2. The van der Waals surface area contributed by atoms with E-state index in [9.17, 15) is 0 Å². The Morgan fingerprint density at radius 2 is 1.75 bits per heavy atom. The van der Waals surface area contributed by atoms with E-state index in [0.29, 0.717) is 26.4 Å². The van der Waals surface area contributed by atoms with Crippen molar-refractivity contribution in [1.29, 1.82) is 0 Å². The lowest BCUT2D eigenvalue weighted by Gasteiger charge is -2.11. The minimum absolute atomic E-state index is 0. The number of benzene rings is 2. The number of methoxy groups -OCH3 is 2. The highest BCUT2D eigenvalue weighted by atomic mass is 127. The summed E-state index contributed by atoms with van der Waals surface area (Å²) in [6.45, 7) is 6.32. The molecule has 7 heteroatoms. The summed E-state index contributed by atoms with van der Waals surface area (Å²) in [4.78, 5) is 4.68. The Morgan fingerprint density at radius 1 is 0.964 bits per heavy atom. The summed E-state index contributed by atoms with van der Waals surface area (Å²) in [5.74, 6) is 1.70. The van der Waals surface area contributed by atoms with Crippen LogP contribution >= 0.6 is 24.0 Å². The maximum atomic E-state index is 5.47. The van der Waals surface area contributed by atoms with Gasteiger partial charge in [-0.05, 0) is 47.9 Å². The van der Waals surface area contributed by atoms with Crippen LogP contribution in [0.15, 0.2) is 41.4 Å². The van der Waals surface area contributed by atoms with Crippen molar-refractivity contribution in [2.75, 3.05) is 47.1 Å². The van der Waals surface area contributed by atoms with Gasteiger partial charge >= 0.3 is 0 Å². The van der Waals surface area contributed by atoms with Gasteiger partial charge in [0, 0.05) is 26.8 Å². The highest BCUT2D eigenvalue weighted by Crippen LogP contribution is 2.22. The number of hydrogen-bond donors (Lipinski definition) is 2. The third-order valence-electron chi connectivity index (χ3n) is 4.07. The number of hydrogen-bond acceptors (Lipinski definition) is 4. The van der Waals surface area contributed by atoms with Crippen molar-refractivity contribution in [1.82, 2.24) is 10.6 Å². The molecule has 0 fully saturated rings. The first kappa shape index (κ1) is 24.5. The molecule has 156 valence electrons. The molecule has 2 aromatic rings. The van der Waals surface area contributed by atoms with Crippen LogP contribution in [-0.2, 0) is 16.0 Å². The number of fused-ring (bicyclic) bond motifs is 1. The van der Waals surface area contributed by atoms with E-state index in [2.05, 4.69) is 46.8 Å². The molecular formula is C21H32IN3O3. The SMILES string of the molecule is CCNC(=NCc1ccc2cc(OC)ccc2c1)NCCCOCCOC.I. The third kappa shape index (κ3) is 8.62. The molecule has 6 nitrogen and oxygen atoms in total. The quantitative estimate of drug-likeness (QED) is 0.213. The van der Waals surface area contributed by atoms with Crippen LogP contribution in [0.3, 0.4) is 0 Å². The van der Waals surface area contributed by atoms with Crippen LogP contribution in [0.2, 0.25) is 0 Å². The number of ether oxygens (including phenoxy) is 3. The van der Waals surface area contributed by atoms with E-state index in [-0.39, 0.29) is 24.0 Å². The lowest BCUT2D eigenvalue weighted by molar-refractivity contribution is 0.0698. The standard InChI is InChI=1S/C21H31N3O3.HI/c1-4-22-21(23-10-5-11-27-13-12-25-2)24-16-17-6-7-19-15-20(26-3)9-8-18(19)14-17;/h6-9,14-15H,4-5,10-13,16H2,1-3H3,(H2,22,23,24);1H. The van der Waals surface area contributed by atoms with Crippen LogP contribution in [0.5, 0.6) is 5.75 Å². The molecule has 0 heterocycles. The highest BCUT2D eigenvalue weighted by molar-refractivity contribution is 14.0. The molecular weight excluding hydrogens is 469 g/mol. The van der Waals surface area contributed by atoms with Crippen molar-refractivity contribution < 1.29 is 14.2 Å². The Morgan fingerprint density at radius 3 is 2.50 bits per heavy atom. The van der Waals surface area contributed by atoms with Crippen molar-refractivity contribution in [3.05, 3.63) is 42.0 Å². The molecule has 0 unspecified atom stereocenters. The second-order valence-electron chi connectivity index (χ2n) is 6.13. The van der Waals surface area contributed by atoms with Gasteiger partial charge in [0.1, 0.15) is 5.75 Å². The predicted molar refractivity (Wildman–Crippen MR) is 126 cm³/mol. The van der Waals surface area contributed by atoms with Gasteiger partial charge in [-0.2, -0.15) is 0 Å². The molecule has 0 aliphatic carbocycles. The molecule has 0 radical (unpaired) electrons. The summed E-state index contributed by atoms with van der Waals surface area (Å²) in [5, 5.41) is 8.98. The molecule has 0 aliphatic heterocycles. The molecule has 0 aliphatic rings. The fourth-order valence-electron chi connectivity index (χ4n) is 2.64. The zero-order valence-corrected chi connectivity index (χ0v) is 19.3. The zero-order valence-electron chi connectivity index (χ0n) is 17.0. The molecule has 0 spiro atoms. The van der Waals surface area contributed by atoms with Gasteiger partial charge in [0.05, 0.1) is 26.9 Å². The highest BCUT2D eigenvalue weighted by Gasteiger charge is 2.01. The molecule has 0 bridgehead atoms. The first-order valence-electron chi connectivity index (χ1n) is 9.42. The molecule has 2 aromatic carbocycles. The molecule has 2 rings (SSSR count). The van der Waals surface area contributed by atoms with Crippen molar-refractivity contribution >= 4 is 40.7 Å². The zero-order chi connectivity index (χ0) is 19.3. The maximum absolute atomic E-state index is 5.47. The first-order chi connectivity index (χ1) is 13.3. The first-order valence-corrected chi connectivity index (χ1v) is 9.42. The second-order valence-corrected chi connectivity index (χ2v) is 6.13. The van der Waals surface area contributed by atoms with E-state index >= 15 is 0 Å². The Labute approximate surface area is 185 Å². The van der Waals surface area contributed by atoms with Crippen LogP contribution in [0, 0.1) is 0 Å². The monoisotopic (exact) mass is 501 g/mol. The van der Waals surface area contributed by atoms with Crippen LogP contribution in [0.1, 0.15) is 18.9 Å². The number of nitrogens with zero attached hydrogens (tertiary/aromatic N) is 1. The van der Waals surface area contributed by atoms with E-state index in [1.54, 1.807) is 14.2 Å². The summed E-state index contributed by atoms with van der Waals surface area (Å²) in [6.07, 6.45) is 0.923. The smallest absolute Gasteiger partial charge is 0.191 e. The van der Waals surface area contributed by atoms with E-state index in [4.69, 9.17) is 14.2 Å². The summed E-state index contributed by atoms with van der Waals surface area (Å²) >= 11 is 0. The topological polar surface area (TPSA) is 64.1 Å². The minimum Gasteiger partial charge on any atom is -0.497 e. The molecule has 0 aromatic heterocycles. The van der Waals surface area contributed by atoms with Crippen molar-refractivity contribution in [2.24, 2.45) is 4.99 Å². The number of halogens is 1. The minimum atomic E-state index is 0. The van der Waals surface area contributed by atoms with Gasteiger partial charge in [0.2, 0.25) is 0 Å². The van der Waals surface area contributed by atoms with Crippen LogP contribution in [0.25, 0.3) is 10.8 Å². The van der Waals surface area contributed by atoms with Crippen LogP contribution < -0.4 is 15.4 Å². The summed E-state index contributed by atoms with van der Waals surface area (Å²) in [7, 11) is 3.36. The molecule has 28 heavy (non-hydrogen) atoms. The summed E-state index contributed by atoms with van der Waals surface area (Å²) in [5.41, 5.74) is 1.17. The second kappa shape index (κ2) is 14.4. The largest absolute Gasteiger partial charge is 0.497 e. The van der Waals surface area contributed by atoms with Crippen molar-refractivity contribution in [3.8, 4) is 5.75 Å². The van der Waals surface area contributed by atoms with Gasteiger partial charge < -0.3 is 24.8 Å². The summed E-state index contributed by atoms with van der Waals surface area (Å²) in [6, 6.07) is 12.5. The van der Waals surface area contributed by atoms with Gasteiger partial charge in [-0.1, -0.05) is 18.2 Å². The Hall–Kier alpha value is -1.58. The molecule has 0 saturated carbocycles. The predicted octanol–water partition coefficient (Wildman–Crippen LogP) is 3.57. The third-order valence-corrected chi connectivity index (χ3v) is 4.07. The lowest BCUT2D eigenvalue weighted by Crippen LogP contribution is -2.38. The van der Waals surface area contributed by atoms with Gasteiger partial charge in [-0.3, -0.25) is 0 Å². The molecule has 0 amide bonds. The average Bonchev–Trinajstić information content (AvgIpc) is 2.70. The summed E-state index contributed by atoms with van der Waals surface area (Å²) < 4.78 is 15.7. The molecule has 0 saturated heterocycles. The number of aliphatic imine (C=N–C) groups is 1. The van der Waals surface area contributed by atoms with E-state index in [1.807, 2.05) is 12.1 Å². The van der Waals surface area contributed by atoms with Crippen molar-refractivity contribution in [3.63, 3.8) is 0 Å². The number of nitrogens with one attached hydrogen (secondary N) is 2. The van der Waals surface area contributed by atoms with Crippen molar-refractivity contribution in [2.45, 2.75) is 19.9 Å². The molecule has 2 N–H and O–H groups in total. The fraction of sp³-hybridized carbons (Fsp3) is 0.476. The Kier molecular flexibility index (Phi) is 12.6. The van der Waals surface area contributed by atoms with Gasteiger partial charge in [-0.15, -0.1) is 24.0 Å². The van der Waals surface area contributed by atoms with E-state index in [0.717, 1.165) is 31.2 Å². The Bertz CT molecular complexity index is 725. The van der Waals surface area contributed by atoms with E-state index in [1.165, 1.54) is 16.3 Å². The Balaban J connectivity index is 0.00000392. The van der Waals surface area contributed by atoms with Gasteiger partial charge in [0.15, 0.2) is 5.96 Å². The number of rotatable bonds is 11. The van der Waals surface area contributed by atoms with Gasteiger partial charge in [0.25, 0.3) is 0 Å². The van der Waals surface area contributed by atoms with E-state index < -0.39 is 0 Å². The number of guanidine groups is 1. The molecule has 0 atom stereocenters.